The van der Waals surface area contributed by atoms with Gasteiger partial charge in [0, 0.05) is 45.8 Å². The van der Waals surface area contributed by atoms with E-state index >= 15 is 0 Å². The van der Waals surface area contributed by atoms with Gasteiger partial charge in [-0.25, -0.2) is 0 Å². The predicted molar refractivity (Wildman–Crippen MR) is 88.4 cm³/mol. The SMILES string of the molecule is O=C(c1ccco1)N1CCN(Cc2cc3n(n2)CCCNC3)CC1. The van der Waals surface area contributed by atoms with Crippen molar-refractivity contribution in [3.8, 4) is 0 Å². The Balaban J connectivity index is 1.33. The lowest BCUT2D eigenvalue weighted by Gasteiger charge is -2.33. The summed E-state index contributed by atoms with van der Waals surface area (Å²) in [7, 11) is 0. The number of piperazine rings is 1. The summed E-state index contributed by atoms with van der Waals surface area (Å²) in [6.45, 7) is 7.00. The van der Waals surface area contributed by atoms with Crippen LogP contribution in [0.15, 0.2) is 28.9 Å². The summed E-state index contributed by atoms with van der Waals surface area (Å²) in [6, 6.07) is 5.68. The Kier molecular flexibility index (Phi) is 4.36. The van der Waals surface area contributed by atoms with Gasteiger partial charge in [-0.2, -0.15) is 5.10 Å². The molecule has 2 aliphatic rings. The van der Waals surface area contributed by atoms with E-state index in [-0.39, 0.29) is 5.91 Å². The van der Waals surface area contributed by atoms with Crippen LogP contribution >= 0.6 is 0 Å². The van der Waals surface area contributed by atoms with Crippen LogP contribution in [0, 0.1) is 0 Å². The topological polar surface area (TPSA) is 66.5 Å². The maximum atomic E-state index is 12.3. The molecule has 7 nitrogen and oxygen atoms in total. The van der Waals surface area contributed by atoms with Crippen molar-refractivity contribution < 1.29 is 9.21 Å². The van der Waals surface area contributed by atoms with Crippen LogP contribution in [0.25, 0.3) is 0 Å². The smallest absolute Gasteiger partial charge is 0.289 e. The monoisotopic (exact) mass is 329 g/mol. The number of carbonyl (C=O) groups excluding carboxylic acids is 1. The van der Waals surface area contributed by atoms with Crippen LogP contribution in [0.5, 0.6) is 0 Å². The van der Waals surface area contributed by atoms with Crippen LogP contribution in [-0.4, -0.2) is 58.2 Å². The number of carbonyl (C=O) groups is 1. The minimum absolute atomic E-state index is 0.0144. The Labute approximate surface area is 141 Å². The average Bonchev–Trinajstić information content (AvgIpc) is 3.21. The molecular weight excluding hydrogens is 306 g/mol. The lowest BCUT2D eigenvalue weighted by Crippen LogP contribution is -2.48. The number of nitrogens with one attached hydrogen (secondary N) is 1. The van der Waals surface area contributed by atoms with Gasteiger partial charge in [0.15, 0.2) is 5.76 Å². The van der Waals surface area contributed by atoms with Crippen molar-refractivity contribution >= 4 is 5.91 Å². The van der Waals surface area contributed by atoms with Crippen molar-refractivity contribution in [3.05, 3.63) is 41.6 Å². The van der Waals surface area contributed by atoms with E-state index in [4.69, 9.17) is 9.52 Å². The zero-order valence-corrected chi connectivity index (χ0v) is 13.8. The molecule has 0 atom stereocenters. The zero-order chi connectivity index (χ0) is 16.4. The number of rotatable bonds is 3. The molecule has 7 heteroatoms. The van der Waals surface area contributed by atoms with Crippen molar-refractivity contribution in [2.75, 3.05) is 32.7 Å². The van der Waals surface area contributed by atoms with Gasteiger partial charge in [0.1, 0.15) is 0 Å². The fourth-order valence-corrected chi connectivity index (χ4v) is 3.39. The molecule has 1 N–H and O–H groups in total. The number of amides is 1. The molecule has 24 heavy (non-hydrogen) atoms. The van der Waals surface area contributed by atoms with Crippen LogP contribution in [0.3, 0.4) is 0 Å². The predicted octanol–water partition coefficient (Wildman–Crippen LogP) is 0.927. The lowest BCUT2D eigenvalue weighted by atomic mass is 10.2. The van der Waals surface area contributed by atoms with Crippen molar-refractivity contribution in [1.82, 2.24) is 24.9 Å². The first-order valence-corrected chi connectivity index (χ1v) is 8.61. The van der Waals surface area contributed by atoms with Crippen LogP contribution in [-0.2, 0) is 19.6 Å². The van der Waals surface area contributed by atoms with Gasteiger partial charge >= 0.3 is 0 Å². The summed E-state index contributed by atoms with van der Waals surface area (Å²) >= 11 is 0. The van der Waals surface area contributed by atoms with E-state index in [9.17, 15) is 4.79 Å². The van der Waals surface area contributed by atoms with Crippen LogP contribution < -0.4 is 5.32 Å². The quantitative estimate of drug-likeness (QED) is 0.907. The number of hydrogen-bond acceptors (Lipinski definition) is 5. The molecule has 1 amide bonds. The molecule has 0 spiro atoms. The number of furan rings is 1. The second-order valence-electron chi connectivity index (χ2n) is 6.43. The molecule has 128 valence electrons. The summed E-state index contributed by atoms with van der Waals surface area (Å²) in [6.07, 6.45) is 2.67. The molecule has 0 unspecified atom stereocenters. The van der Waals surface area contributed by atoms with Crippen molar-refractivity contribution in [1.29, 1.82) is 0 Å². The highest BCUT2D eigenvalue weighted by Crippen LogP contribution is 2.14. The molecular formula is C17H23N5O2. The molecule has 2 aromatic rings. The van der Waals surface area contributed by atoms with Crippen LogP contribution in [0.1, 0.15) is 28.4 Å². The molecule has 4 heterocycles. The zero-order valence-electron chi connectivity index (χ0n) is 13.8. The van der Waals surface area contributed by atoms with Gasteiger partial charge in [-0.1, -0.05) is 0 Å². The van der Waals surface area contributed by atoms with Crippen LogP contribution in [0.4, 0.5) is 0 Å². The molecule has 1 saturated heterocycles. The molecule has 0 aliphatic carbocycles. The Morgan fingerprint density at radius 1 is 1.25 bits per heavy atom. The van der Waals surface area contributed by atoms with Gasteiger partial charge in [0.05, 0.1) is 17.7 Å². The minimum atomic E-state index is -0.0144. The molecule has 4 rings (SSSR count). The van der Waals surface area contributed by atoms with E-state index < -0.39 is 0 Å². The van der Waals surface area contributed by atoms with Gasteiger partial charge in [-0.3, -0.25) is 14.4 Å². The molecule has 0 radical (unpaired) electrons. The fraction of sp³-hybridized carbons (Fsp3) is 0.529. The Bertz CT molecular complexity index is 662. The van der Waals surface area contributed by atoms with E-state index in [2.05, 4.69) is 21.0 Å². The normalized spacial score (nSPS) is 19.1. The third-order valence-corrected chi connectivity index (χ3v) is 4.72. The molecule has 2 aliphatic heterocycles. The van der Waals surface area contributed by atoms with E-state index in [1.165, 1.54) is 5.69 Å². The van der Waals surface area contributed by atoms with Crippen LogP contribution in [0.2, 0.25) is 0 Å². The molecule has 2 aromatic heterocycles. The first-order chi connectivity index (χ1) is 11.8. The largest absolute Gasteiger partial charge is 0.459 e. The van der Waals surface area contributed by atoms with E-state index in [1.54, 1.807) is 18.4 Å². The Morgan fingerprint density at radius 2 is 2.12 bits per heavy atom. The van der Waals surface area contributed by atoms with E-state index in [0.717, 1.165) is 64.5 Å². The fourth-order valence-electron chi connectivity index (χ4n) is 3.39. The molecule has 1 fully saturated rings. The third kappa shape index (κ3) is 3.22. The van der Waals surface area contributed by atoms with Gasteiger partial charge in [-0.05, 0) is 31.2 Å². The highest BCUT2D eigenvalue weighted by Gasteiger charge is 2.24. The van der Waals surface area contributed by atoms with Gasteiger partial charge in [0.25, 0.3) is 5.91 Å². The van der Waals surface area contributed by atoms with Crippen molar-refractivity contribution in [2.24, 2.45) is 0 Å². The summed E-state index contributed by atoms with van der Waals surface area (Å²) in [5.41, 5.74) is 2.40. The summed E-state index contributed by atoms with van der Waals surface area (Å²) in [5, 5.41) is 8.16. The Hall–Kier alpha value is -2.12. The molecule has 0 bridgehead atoms. The average molecular weight is 329 g/mol. The summed E-state index contributed by atoms with van der Waals surface area (Å²) < 4.78 is 7.34. The number of aryl methyl sites for hydroxylation is 1. The standard InChI is InChI=1S/C17H23N5O2/c23-17(16-3-1-10-24-16)21-8-6-20(7-9-21)13-14-11-15-12-18-4-2-5-22(15)19-14/h1,3,10-11,18H,2,4-9,12-13H2. The summed E-state index contributed by atoms with van der Waals surface area (Å²) in [4.78, 5) is 16.5. The lowest BCUT2D eigenvalue weighted by molar-refractivity contribution is 0.0596. The molecule has 0 saturated carbocycles. The van der Waals surface area contributed by atoms with E-state index in [0.29, 0.717) is 5.76 Å². The first-order valence-electron chi connectivity index (χ1n) is 8.61. The minimum Gasteiger partial charge on any atom is -0.459 e. The number of hydrogen-bond donors (Lipinski definition) is 1. The summed E-state index contributed by atoms with van der Waals surface area (Å²) in [5.74, 6) is 0.410. The second kappa shape index (κ2) is 6.78. The van der Waals surface area contributed by atoms with Gasteiger partial charge in [0.2, 0.25) is 0 Å². The van der Waals surface area contributed by atoms with Crippen molar-refractivity contribution in [2.45, 2.75) is 26.1 Å². The molecule has 0 aromatic carbocycles. The number of nitrogens with zero attached hydrogens (tertiary/aromatic N) is 4. The number of fused-ring (bicyclic) bond motifs is 1. The first kappa shape index (κ1) is 15.4. The second-order valence-corrected chi connectivity index (χ2v) is 6.43. The van der Waals surface area contributed by atoms with Gasteiger partial charge in [-0.15, -0.1) is 0 Å². The Morgan fingerprint density at radius 3 is 2.92 bits per heavy atom. The third-order valence-electron chi connectivity index (χ3n) is 4.72. The maximum Gasteiger partial charge on any atom is 0.289 e. The highest BCUT2D eigenvalue weighted by atomic mass is 16.3. The number of aromatic nitrogens is 2. The maximum absolute atomic E-state index is 12.3. The van der Waals surface area contributed by atoms with Gasteiger partial charge < -0.3 is 14.6 Å². The highest BCUT2D eigenvalue weighted by molar-refractivity contribution is 5.91. The van der Waals surface area contributed by atoms with Crippen molar-refractivity contribution in [3.63, 3.8) is 0 Å². The van der Waals surface area contributed by atoms with E-state index in [1.807, 2.05) is 4.90 Å².